The summed E-state index contributed by atoms with van der Waals surface area (Å²) < 4.78 is 17.4. The summed E-state index contributed by atoms with van der Waals surface area (Å²) in [7, 11) is 1.11. The number of hydrogen-bond acceptors (Lipinski definition) is 4. The van der Waals surface area contributed by atoms with Crippen LogP contribution in [0.5, 0.6) is 0 Å². The summed E-state index contributed by atoms with van der Waals surface area (Å²) in [6.07, 6.45) is 2.10. The number of carbonyl (C=O) groups is 2. The van der Waals surface area contributed by atoms with Gasteiger partial charge >= 0.3 is 5.97 Å². The monoisotopic (exact) mass is 266 g/mol. The standard InChI is InChI=1S/C14H15FO4/c1-10(16)9-14(18,13(17)19-2)7-6-11-4-3-5-12(15)8-11/h3-8,18H,9H2,1-2H3/b7-6+/t14-/m1/s1. The molecule has 1 rings (SSSR count). The molecule has 102 valence electrons. The number of aliphatic hydroxyl groups is 1. The van der Waals surface area contributed by atoms with Crippen molar-refractivity contribution in [3.8, 4) is 0 Å². The normalized spacial score (nSPS) is 14.1. The second kappa shape index (κ2) is 6.24. The van der Waals surface area contributed by atoms with Crippen molar-refractivity contribution in [3.63, 3.8) is 0 Å². The van der Waals surface area contributed by atoms with E-state index in [9.17, 15) is 19.1 Å². The molecule has 1 atom stereocenters. The minimum Gasteiger partial charge on any atom is -0.467 e. The van der Waals surface area contributed by atoms with E-state index in [1.165, 1.54) is 31.2 Å². The Morgan fingerprint density at radius 3 is 2.68 bits per heavy atom. The van der Waals surface area contributed by atoms with Gasteiger partial charge in [-0.25, -0.2) is 9.18 Å². The number of ketones is 1. The average Bonchev–Trinajstić information content (AvgIpc) is 2.34. The third-order valence-electron chi connectivity index (χ3n) is 2.46. The molecule has 0 saturated carbocycles. The zero-order valence-corrected chi connectivity index (χ0v) is 10.7. The molecule has 0 radical (unpaired) electrons. The lowest BCUT2D eigenvalue weighted by Crippen LogP contribution is -2.39. The van der Waals surface area contributed by atoms with Gasteiger partial charge in [0.15, 0.2) is 5.60 Å². The summed E-state index contributed by atoms with van der Waals surface area (Å²) in [6, 6.07) is 5.61. The highest BCUT2D eigenvalue weighted by atomic mass is 19.1. The Labute approximate surface area is 110 Å². The highest BCUT2D eigenvalue weighted by Crippen LogP contribution is 2.17. The first-order valence-electron chi connectivity index (χ1n) is 5.62. The molecule has 0 aromatic heterocycles. The highest BCUT2D eigenvalue weighted by molar-refractivity contribution is 5.90. The third-order valence-corrected chi connectivity index (χ3v) is 2.46. The van der Waals surface area contributed by atoms with Crippen LogP contribution in [-0.2, 0) is 14.3 Å². The van der Waals surface area contributed by atoms with E-state index in [1.54, 1.807) is 6.07 Å². The van der Waals surface area contributed by atoms with E-state index in [0.717, 1.165) is 13.2 Å². The molecule has 0 unspecified atom stereocenters. The molecular formula is C14H15FO4. The van der Waals surface area contributed by atoms with Crippen molar-refractivity contribution in [2.45, 2.75) is 18.9 Å². The molecule has 0 amide bonds. The van der Waals surface area contributed by atoms with E-state index in [0.29, 0.717) is 5.56 Å². The quantitative estimate of drug-likeness (QED) is 0.824. The largest absolute Gasteiger partial charge is 0.467 e. The van der Waals surface area contributed by atoms with Gasteiger partial charge in [-0.3, -0.25) is 4.79 Å². The van der Waals surface area contributed by atoms with Crippen LogP contribution in [0.1, 0.15) is 18.9 Å². The van der Waals surface area contributed by atoms with Gasteiger partial charge in [0, 0.05) is 6.42 Å². The van der Waals surface area contributed by atoms with E-state index in [1.807, 2.05) is 0 Å². The molecule has 0 bridgehead atoms. The van der Waals surface area contributed by atoms with Gasteiger partial charge in [-0.1, -0.05) is 18.2 Å². The number of carbonyl (C=O) groups excluding carboxylic acids is 2. The molecule has 19 heavy (non-hydrogen) atoms. The smallest absolute Gasteiger partial charge is 0.342 e. The van der Waals surface area contributed by atoms with Gasteiger partial charge < -0.3 is 9.84 Å². The Morgan fingerprint density at radius 1 is 1.47 bits per heavy atom. The van der Waals surface area contributed by atoms with Crippen molar-refractivity contribution in [2.75, 3.05) is 7.11 Å². The summed E-state index contributed by atoms with van der Waals surface area (Å²) in [5, 5.41) is 10.1. The van der Waals surface area contributed by atoms with Gasteiger partial charge in [-0.2, -0.15) is 0 Å². The molecule has 5 heteroatoms. The Balaban J connectivity index is 3.00. The molecular weight excluding hydrogens is 251 g/mol. The number of benzene rings is 1. The number of Topliss-reactive ketones (excluding diaryl/α,β-unsaturated/α-hetero) is 1. The molecule has 0 saturated heterocycles. The molecule has 0 heterocycles. The number of rotatable bonds is 5. The van der Waals surface area contributed by atoms with E-state index >= 15 is 0 Å². The Kier molecular flexibility index (Phi) is 4.94. The maximum atomic E-state index is 13.0. The van der Waals surface area contributed by atoms with Crippen molar-refractivity contribution < 1.29 is 23.8 Å². The summed E-state index contributed by atoms with van der Waals surface area (Å²) >= 11 is 0. The molecule has 1 aromatic rings. The number of esters is 1. The molecule has 0 spiro atoms. The van der Waals surface area contributed by atoms with Crippen LogP contribution in [0.3, 0.4) is 0 Å². The lowest BCUT2D eigenvalue weighted by Gasteiger charge is -2.19. The zero-order valence-electron chi connectivity index (χ0n) is 10.7. The summed E-state index contributed by atoms with van der Waals surface area (Å²) in [5.74, 6) is -1.73. The lowest BCUT2D eigenvalue weighted by atomic mass is 9.96. The number of ether oxygens (including phenoxy) is 1. The second-order valence-electron chi connectivity index (χ2n) is 4.18. The molecule has 4 nitrogen and oxygen atoms in total. The van der Waals surface area contributed by atoms with Crippen LogP contribution in [-0.4, -0.2) is 29.6 Å². The van der Waals surface area contributed by atoms with Crippen LogP contribution < -0.4 is 0 Å². The van der Waals surface area contributed by atoms with E-state index in [4.69, 9.17) is 0 Å². The minimum atomic E-state index is -2.03. The fourth-order valence-corrected chi connectivity index (χ4v) is 1.60. The minimum absolute atomic E-state index is 0.364. The fraction of sp³-hybridized carbons (Fsp3) is 0.286. The van der Waals surface area contributed by atoms with Crippen LogP contribution >= 0.6 is 0 Å². The number of methoxy groups -OCH3 is 1. The first-order valence-corrected chi connectivity index (χ1v) is 5.62. The molecule has 1 aromatic carbocycles. The van der Waals surface area contributed by atoms with Crippen LogP contribution in [0.25, 0.3) is 6.08 Å². The molecule has 0 aliphatic carbocycles. The lowest BCUT2D eigenvalue weighted by molar-refractivity contribution is -0.159. The zero-order chi connectivity index (χ0) is 14.5. The van der Waals surface area contributed by atoms with Gasteiger partial charge in [-0.15, -0.1) is 0 Å². The number of hydrogen-bond donors (Lipinski definition) is 1. The van der Waals surface area contributed by atoms with Gasteiger partial charge in [0.25, 0.3) is 0 Å². The highest BCUT2D eigenvalue weighted by Gasteiger charge is 2.35. The second-order valence-corrected chi connectivity index (χ2v) is 4.18. The van der Waals surface area contributed by atoms with Crippen molar-refractivity contribution in [2.24, 2.45) is 0 Å². The maximum Gasteiger partial charge on any atom is 0.342 e. The Hall–Kier alpha value is -2.01. The van der Waals surface area contributed by atoms with Crippen molar-refractivity contribution in [3.05, 3.63) is 41.7 Å². The fourth-order valence-electron chi connectivity index (χ4n) is 1.60. The van der Waals surface area contributed by atoms with E-state index in [-0.39, 0.29) is 5.78 Å². The molecule has 0 aliphatic heterocycles. The van der Waals surface area contributed by atoms with Crippen molar-refractivity contribution in [1.29, 1.82) is 0 Å². The van der Waals surface area contributed by atoms with Gasteiger partial charge in [0.05, 0.1) is 7.11 Å². The summed E-state index contributed by atoms with van der Waals surface area (Å²) in [5.41, 5.74) is -1.57. The predicted octanol–water partition coefficient (Wildman–Crippen LogP) is 1.72. The van der Waals surface area contributed by atoms with Crippen molar-refractivity contribution in [1.82, 2.24) is 0 Å². The number of halogens is 1. The van der Waals surface area contributed by atoms with Gasteiger partial charge in [-0.05, 0) is 30.7 Å². The van der Waals surface area contributed by atoms with E-state index in [2.05, 4.69) is 4.74 Å². The Morgan fingerprint density at radius 2 is 2.16 bits per heavy atom. The summed E-state index contributed by atoms with van der Waals surface area (Å²) in [6.45, 7) is 1.25. The average molecular weight is 266 g/mol. The molecule has 0 aliphatic rings. The SMILES string of the molecule is COC(=O)[C@@](O)(/C=C/c1cccc(F)c1)CC(C)=O. The Bertz CT molecular complexity index is 510. The van der Waals surface area contributed by atoms with E-state index < -0.39 is 23.8 Å². The van der Waals surface area contributed by atoms with Crippen LogP contribution in [0.4, 0.5) is 4.39 Å². The molecule has 1 N–H and O–H groups in total. The third kappa shape index (κ3) is 4.30. The van der Waals surface area contributed by atoms with Gasteiger partial charge in [0.1, 0.15) is 11.6 Å². The molecule has 0 fully saturated rings. The van der Waals surface area contributed by atoms with Crippen LogP contribution in [0.2, 0.25) is 0 Å². The van der Waals surface area contributed by atoms with Crippen LogP contribution in [0, 0.1) is 5.82 Å². The van der Waals surface area contributed by atoms with Crippen molar-refractivity contribution >= 4 is 17.8 Å². The first-order chi connectivity index (χ1) is 8.87. The first kappa shape index (κ1) is 15.0. The maximum absolute atomic E-state index is 13.0. The van der Waals surface area contributed by atoms with Crippen LogP contribution in [0.15, 0.2) is 30.3 Å². The predicted molar refractivity (Wildman–Crippen MR) is 67.7 cm³/mol. The topological polar surface area (TPSA) is 63.6 Å². The summed E-state index contributed by atoms with van der Waals surface area (Å²) in [4.78, 5) is 22.6. The van der Waals surface area contributed by atoms with Gasteiger partial charge in [0.2, 0.25) is 0 Å².